The Kier molecular flexibility index (Phi) is 3.85. The summed E-state index contributed by atoms with van der Waals surface area (Å²) in [5, 5.41) is 0. The average Bonchev–Trinajstić information content (AvgIpc) is 3.09. The molecule has 0 saturated heterocycles. The van der Waals surface area contributed by atoms with Gasteiger partial charge in [0.2, 0.25) is 0 Å². The first-order valence-corrected chi connectivity index (χ1v) is 9.42. The molecule has 0 aliphatic carbocycles. The number of halogens is 1. The van der Waals surface area contributed by atoms with Gasteiger partial charge in [-0.15, -0.1) is 0 Å². The summed E-state index contributed by atoms with van der Waals surface area (Å²) >= 11 is 3.51. The molecular formula is C21H19BrN4O. The molecule has 136 valence electrons. The molecule has 5 nitrogen and oxygen atoms in total. The van der Waals surface area contributed by atoms with Crippen molar-refractivity contribution in [1.82, 2.24) is 14.5 Å². The molecule has 0 fully saturated rings. The molecule has 27 heavy (non-hydrogen) atoms. The van der Waals surface area contributed by atoms with Gasteiger partial charge in [-0.1, -0.05) is 22.0 Å². The second-order valence-corrected chi connectivity index (χ2v) is 7.36. The highest BCUT2D eigenvalue weighted by Crippen LogP contribution is 2.34. The van der Waals surface area contributed by atoms with Gasteiger partial charge in [0, 0.05) is 38.7 Å². The molecule has 1 atom stereocenters. The van der Waals surface area contributed by atoms with Crippen LogP contribution in [0.4, 0.5) is 0 Å². The van der Waals surface area contributed by atoms with Crippen molar-refractivity contribution in [2.75, 3.05) is 0 Å². The maximum absolute atomic E-state index is 11.7. The number of aromatic nitrogens is 3. The third-order valence-electron chi connectivity index (χ3n) is 4.50. The summed E-state index contributed by atoms with van der Waals surface area (Å²) in [5.74, 6) is 0.556. The van der Waals surface area contributed by atoms with E-state index < -0.39 is 12.9 Å². The van der Waals surface area contributed by atoms with E-state index in [9.17, 15) is 4.79 Å². The minimum atomic E-state index is -2.35. The zero-order valence-corrected chi connectivity index (χ0v) is 16.3. The van der Waals surface area contributed by atoms with Gasteiger partial charge in [0.1, 0.15) is 17.6 Å². The molecule has 3 heterocycles. The molecule has 3 aromatic rings. The number of fused-ring (bicyclic) bond motifs is 3. The van der Waals surface area contributed by atoms with Crippen LogP contribution in [0.2, 0.25) is 0 Å². The molecule has 1 aromatic carbocycles. The highest BCUT2D eigenvalue weighted by Gasteiger charge is 2.27. The van der Waals surface area contributed by atoms with Crippen LogP contribution in [0.3, 0.4) is 0 Å². The first-order chi connectivity index (χ1) is 14.3. The van der Waals surface area contributed by atoms with Crippen LogP contribution < -0.4 is 0 Å². The van der Waals surface area contributed by atoms with E-state index in [0.717, 1.165) is 10.0 Å². The van der Waals surface area contributed by atoms with Crippen molar-refractivity contribution >= 4 is 27.4 Å². The van der Waals surface area contributed by atoms with Crippen LogP contribution in [0.15, 0.2) is 58.3 Å². The molecule has 2 aromatic heterocycles. The highest BCUT2D eigenvalue weighted by molar-refractivity contribution is 9.10. The lowest BCUT2D eigenvalue weighted by atomic mass is 10.0. The summed E-state index contributed by atoms with van der Waals surface area (Å²) < 4.78 is 26.5. The fourth-order valence-electron chi connectivity index (χ4n) is 3.27. The van der Waals surface area contributed by atoms with Crippen LogP contribution in [0.25, 0.3) is 5.69 Å². The average molecular weight is 426 g/mol. The molecule has 0 radical (unpaired) electrons. The normalized spacial score (nSPS) is 17.6. The van der Waals surface area contributed by atoms with Crippen molar-refractivity contribution in [3.63, 3.8) is 0 Å². The van der Waals surface area contributed by atoms with Crippen molar-refractivity contribution in [2.24, 2.45) is 4.99 Å². The Hall–Kier alpha value is -2.60. The van der Waals surface area contributed by atoms with E-state index in [1.165, 1.54) is 13.1 Å². The number of hydrogen-bond acceptors (Lipinski definition) is 4. The lowest BCUT2D eigenvalue weighted by Crippen LogP contribution is -2.09. The van der Waals surface area contributed by atoms with Crippen LogP contribution in [0, 0.1) is 6.85 Å². The Bertz CT molecular complexity index is 1140. The van der Waals surface area contributed by atoms with E-state index in [0.29, 0.717) is 35.8 Å². The zero-order chi connectivity index (χ0) is 21.5. The summed E-state index contributed by atoms with van der Waals surface area (Å²) in [6.07, 6.45) is 3.82. The molecule has 6 heteroatoms. The van der Waals surface area contributed by atoms with Crippen LogP contribution in [-0.2, 0) is 4.79 Å². The third kappa shape index (κ3) is 3.37. The van der Waals surface area contributed by atoms with Gasteiger partial charge in [0.25, 0.3) is 0 Å². The Balaban J connectivity index is 2.02. The van der Waals surface area contributed by atoms with Gasteiger partial charge in [-0.25, -0.2) is 4.98 Å². The van der Waals surface area contributed by atoms with Gasteiger partial charge in [-0.3, -0.25) is 14.5 Å². The molecular weight excluding hydrogens is 404 g/mol. The second-order valence-electron chi connectivity index (χ2n) is 6.45. The van der Waals surface area contributed by atoms with Gasteiger partial charge in [0.05, 0.1) is 17.1 Å². The number of pyridine rings is 1. The number of Topliss-reactive ketones (excluding diaryl/α,β-unsaturated/α-hetero) is 1. The Labute approximate surface area is 170 Å². The van der Waals surface area contributed by atoms with Crippen molar-refractivity contribution in [1.29, 1.82) is 0 Å². The SMILES string of the molecule is [2H]C([2H])([2H])c1cnc2n1-c1ccc(Br)cc1C(c1ccccn1)=N[C@H]2CCC(C)=O. The van der Waals surface area contributed by atoms with Crippen LogP contribution in [-0.4, -0.2) is 26.0 Å². The van der Waals surface area contributed by atoms with Crippen molar-refractivity contribution in [2.45, 2.75) is 32.7 Å². The standard InChI is InChI=1S/C21H19BrN4O/c1-13-12-24-21-18(8-6-14(2)27)25-20(17-5-3-4-10-23-17)16-11-15(22)7-9-19(16)26(13)21/h3-5,7,9-12,18H,6,8H2,1-2H3/t18-/m0/s1/i1D3. The van der Waals surface area contributed by atoms with E-state index >= 15 is 0 Å². The lowest BCUT2D eigenvalue weighted by Gasteiger charge is -2.14. The summed E-state index contributed by atoms with van der Waals surface area (Å²) in [7, 11) is 0. The minimum absolute atomic E-state index is 0.0447. The number of nitrogens with zero attached hydrogens (tertiary/aromatic N) is 4. The number of rotatable bonds is 4. The van der Waals surface area contributed by atoms with Crippen LogP contribution in [0.1, 0.15) is 52.7 Å². The Morgan fingerprint density at radius 3 is 2.93 bits per heavy atom. The smallest absolute Gasteiger partial charge is 0.138 e. The van der Waals surface area contributed by atoms with Crippen LogP contribution >= 0.6 is 15.9 Å². The van der Waals surface area contributed by atoms with Crippen molar-refractivity contribution in [3.8, 4) is 5.69 Å². The van der Waals surface area contributed by atoms with Gasteiger partial charge in [0.15, 0.2) is 0 Å². The van der Waals surface area contributed by atoms with Crippen molar-refractivity contribution in [3.05, 3.63) is 76.0 Å². The largest absolute Gasteiger partial charge is 0.300 e. The number of aliphatic imine (C=N–C) groups is 1. The predicted octanol–water partition coefficient (Wildman–Crippen LogP) is 4.60. The number of aryl methyl sites for hydroxylation is 1. The molecule has 4 rings (SSSR count). The molecule has 0 spiro atoms. The summed E-state index contributed by atoms with van der Waals surface area (Å²) in [6.45, 7) is -0.817. The maximum atomic E-state index is 11.7. The van der Waals surface area contributed by atoms with E-state index in [-0.39, 0.29) is 11.5 Å². The van der Waals surface area contributed by atoms with Gasteiger partial charge < -0.3 is 4.79 Å². The number of carbonyl (C=O) groups excluding carboxylic acids is 1. The topological polar surface area (TPSA) is 60.1 Å². The molecule has 0 amide bonds. The Morgan fingerprint density at radius 2 is 2.19 bits per heavy atom. The monoisotopic (exact) mass is 425 g/mol. The van der Waals surface area contributed by atoms with Crippen LogP contribution in [0.5, 0.6) is 0 Å². The van der Waals surface area contributed by atoms with Gasteiger partial charge in [-0.05, 0) is 50.5 Å². The van der Waals surface area contributed by atoms with Gasteiger partial charge >= 0.3 is 0 Å². The van der Waals surface area contributed by atoms with E-state index in [1.807, 2.05) is 36.4 Å². The number of hydrogen-bond donors (Lipinski definition) is 0. The third-order valence-corrected chi connectivity index (χ3v) is 5.00. The molecule has 0 N–H and O–H groups in total. The molecule has 1 aliphatic heterocycles. The van der Waals surface area contributed by atoms with E-state index in [4.69, 9.17) is 9.10 Å². The Morgan fingerprint density at radius 1 is 1.30 bits per heavy atom. The summed E-state index contributed by atoms with van der Waals surface area (Å²) in [5.41, 5.74) is 2.85. The van der Waals surface area contributed by atoms with Gasteiger partial charge in [-0.2, -0.15) is 0 Å². The lowest BCUT2D eigenvalue weighted by molar-refractivity contribution is -0.117. The van der Waals surface area contributed by atoms with Crippen molar-refractivity contribution < 1.29 is 8.91 Å². The number of carbonyl (C=O) groups is 1. The van der Waals surface area contributed by atoms with E-state index in [1.54, 1.807) is 10.8 Å². The number of imidazole rings is 1. The molecule has 0 saturated carbocycles. The highest BCUT2D eigenvalue weighted by atomic mass is 79.9. The number of ketones is 1. The first-order valence-electron chi connectivity index (χ1n) is 10.1. The summed E-state index contributed by atoms with van der Waals surface area (Å²) in [4.78, 5) is 25.5. The molecule has 0 bridgehead atoms. The molecule has 0 unspecified atom stereocenters. The summed E-state index contributed by atoms with van der Waals surface area (Å²) in [6, 6.07) is 10.7. The minimum Gasteiger partial charge on any atom is -0.300 e. The van der Waals surface area contributed by atoms with E-state index in [2.05, 4.69) is 25.9 Å². The molecule has 1 aliphatic rings. The quantitative estimate of drug-likeness (QED) is 0.613. The number of benzene rings is 1. The second kappa shape index (κ2) is 7.19. The predicted molar refractivity (Wildman–Crippen MR) is 109 cm³/mol. The first kappa shape index (κ1) is 14.5. The zero-order valence-electron chi connectivity index (χ0n) is 17.7. The fraction of sp³-hybridized carbons (Fsp3) is 0.238. The maximum Gasteiger partial charge on any atom is 0.138 e. The fourth-order valence-corrected chi connectivity index (χ4v) is 3.63.